The van der Waals surface area contributed by atoms with Gasteiger partial charge in [0.1, 0.15) is 11.6 Å². The minimum Gasteiger partial charge on any atom is -0.484 e. The van der Waals surface area contributed by atoms with Crippen molar-refractivity contribution in [1.82, 2.24) is 4.98 Å². The molecular weight excluding hydrogens is 473 g/mol. The number of anilines is 2. The van der Waals surface area contributed by atoms with Crippen LogP contribution in [0.4, 0.5) is 15.8 Å². The predicted octanol–water partition coefficient (Wildman–Crippen LogP) is 5.80. The lowest BCUT2D eigenvalue weighted by molar-refractivity contribution is -0.118. The van der Waals surface area contributed by atoms with Gasteiger partial charge in [0, 0.05) is 5.69 Å². The smallest absolute Gasteiger partial charge is 0.262 e. The summed E-state index contributed by atoms with van der Waals surface area (Å²) in [4.78, 5) is 29.0. The minimum absolute atomic E-state index is 0.0958. The molecular formula is C25H22FN3O3S2. The molecule has 1 heterocycles. The van der Waals surface area contributed by atoms with Crippen molar-refractivity contribution in [1.29, 1.82) is 0 Å². The number of aryl methyl sites for hydroxylation is 2. The summed E-state index contributed by atoms with van der Waals surface area (Å²) in [6.45, 7) is 3.92. The average Bonchev–Trinajstić information content (AvgIpc) is 3.22. The zero-order chi connectivity index (χ0) is 24.1. The molecule has 34 heavy (non-hydrogen) atoms. The lowest BCUT2D eigenvalue weighted by Gasteiger charge is -2.09. The molecule has 4 aromatic rings. The fourth-order valence-electron chi connectivity index (χ4n) is 3.07. The molecule has 0 fully saturated rings. The number of benzene rings is 3. The van der Waals surface area contributed by atoms with Crippen LogP contribution in [0.2, 0.25) is 0 Å². The molecule has 9 heteroatoms. The molecule has 4 rings (SSSR count). The van der Waals surface area contributed by atoms with Gasteiger partial charge in [-0.15, -0.1) is 11.3 Å². The Labute approximate surface area is 204 Å². The third kappa shape index (κ3) is 6.12. The zero-order valence-corrected chi connectivity index (χ0v) is 20.2. The molecule has 2 amide bonds. The van der Waals surface area contributed by atoms with E-state index >= 15 is 0 Å². The molecule has 174 valence electrons. The minimum atomic E-state index is -0.477. The van der Waals surface area contributed by atoms with Gasteiger partial charge in [-0.05, 0) is 67.4 Å². The summed E-state index contributed by atoms with van der Waals surface area (Å²) >= 11 is 2.69. The maximum absolute atomic E-state index is 13.7. The van der Waals surface area contributed by atoms with Crippen LogP contribution in [0.25, 0.3) is 10.2 Å². The number of thioether (sulfide) groups is 1. The van der Waals surface area contributed by atoms with Crippen LogP contribution in [-0.2, 0) is 9.59 Å². The van der Waals surface area contributed by atoms with Crippen molar-refractivity contribution in [2.75, 3.05) is 23.0 Å². The quantitative estimate of drug-likeness (QED) is 0.302. The van der Waals surface area contributed by atoms with Gasteiger partial charge < -0.3 is 15.4 Å². The normalized spacial score (nSPS) is 10.8. The Bertz CT molecular complexity index is 1360. The highest BCUT2D eigenvalue weighted by atomic mass is 32.2. The van der Waals surface area contributed by atoms with Crippen LogP contribution in [0.5, 0.6) is 5.75 Å². The fraction of sp³-hybridized carbons (Fsp3) is 0.160. The number of rotatable bonds is 8. The van der Waals surface area contributed by atoms with E-state index in [1.54, 1.807) is 18.2 Å². The molecule has 0 aliphatic rings. The van der Waals surface area contributed by atoms with E-state index in [-0.39, 0.29) is 29.9 Å². The maximum Gasteiger partial charge on any atom is 0.262 e. The van der Waals surface area contributed by atoms with Gasteiger partial charge in [0.2, 0.25) is 5.91 Å². The molecule has 0 saturated heterocycles. The van der Waals surface area contributed by atoms with Gasteiger partial charge >= 0.3 is 0 Å². The summed E-state index contributed by atoms with van der Waals surface area (Å²) < 4.78 is 20.8. The summed E-state index contributed by atoms with van der Waals surface area (Å²) in [7, 11) is 0. The predicted molar refractivity (Wildman–Crippen MR) is 135 cm³/mol. The number of fused-ring (bicyclic) bond motifs is 1. The van der Waals surface area contributed by atoms with Crippen molar-refractivity contribution in [2.45, 2.75) is 18.2 Å². The molecule has 0 radical (unpaired) electrons. The SMILES string of the molecule is Cc1ccc(OCC(=O)Nc2ccc3nc(SCC(=O)Nc4ccccc4F)sc3c2)cc1C. The summed E-state index contributed by atoms with van der Waals surface area (Å²) in [6.07, 6.45) is 0. The largest absolute Gasteiger partial charge is 0.484 e. The van der Waals surface area contributed by atoms with E-state index in [1.165, 1.54) is 35.2 Å². The van der Waals surface area contributed by atoms with E-state index in [0.717, 1.165) is 21.3 Å². The van der Waals surface area contributed by atoms with E-state index in [0.29, 0.717) is 15.8 Å². The molecule has 3 aromatic carbocycles. The van der Waals surface area contributed by atoms with Crippen LogP contribution in [0.15, 0.2) is 65.0 Å². The number of ether oxygens (including phenoxy) is 1. The van der Waals surface area contributed by atoms with E-state index in [4.69, 9.17) is 4.74 Å². The molecule has 0 unspecified atom stereocenters. The molecule has 0 spiro atoms. The molecule has 2 N–H and O–H groups in total. The van der Waals surface area contributed by atoms with Crippen molar-refractivity contribution in [3.63, 3.8) is 0 Å². The molecule has 0 atom stereocenters. The van der Waals surface area contributed by atoms with E-state index in [1.807, 2.05) is 44.2 Å². The van der Waals surface area contributed by atoms with Crippen molar-refractivity contribution in [3.05, 3.63) is 77.6 Å². The van der Waals surface area contributed by atoms with Crippen LogP contribution in [0.3, 0.4) is 0 Å². The first-order valence-electron chi connectivity index (χ1n) is 10.4. The number of carbonyl (C=O) groups excluding carboxylic acids is 2. The Balaban J connectivity index is 1.31. The van der Waals surface area contributed by atoms with E-state index < -0.39 is 5.82 Å². The second kappa shape index (κ2) is 10.7. The van der Waals surface area contributed by atoms with Crippen LogP contribution in [0.1, 0.15) is 11.1 Å². The highest BCUT2D eigenvalue weighted by Gasteiger charge is 2.11. The fourth-order valence-corrected chi connectivity index (χ4v) is 4.98. The monoisotopic (exact) mass is 495 g/mol. The van der Waals surface area contributed by atoms with E-state index in [2.05, 4.69) is 15.6 Å². The van der Waals surface area contributed by atoms with Crippen LogP contribution >= 0.6 is 23.1 Å². The molecule has 1 aromatic heterocycles. The number of amides is 2. The summed E-state index contributed by atoms with van der Waals surface area (Å²) in [5.41, 5.74) is 3.83. The number of thiazole rings is 1. The van der Waals surface area contributed by atoms with Crippen molar-refractivity contribution < 1.29 is 18.7 Å². The standard InChI is InChI=1S/C25H22FN3O3S2/c1-15-7-9-18(11-16(15)2)32-13-23(30)27-17-8-10-21-22(12-17)34-25(29-21)33-14-24(31)28-20-6-4-3-5-19(20)26/h3-12H,13-14H2,1-2H3,(H,27,30)(H,28,31). The highest BCUT2D eigenvalue weighted by molar-refractivity contribution is 8.01. The molecule has 6 nitrogen and oxygen atoms in total. The summed E-state index contributed by atoms with van der Waals surface area (Å²) in [6, 6.07) is 17.2. The van der Waals surface area contributed by atoms with Crippen molar-refractivity contribution in [2.24, 2.45) is 0 Å². The van der Waals surface area contributed by atoms with Crippen LogP contribution in [-0.4, -0.2) is 29.2 Å². The Morgan fingerprint density at radius 1 is 1.00 bits per heavy atom. The Kier molecular flexibility index (Phi) is 7.44. The number of nitrogens with one attached hydrogen (secondary N) is 2. The van der Waals surface area contributed by atoms with Crippen LogP contribution < -0.4 is 15.4 Å². The lowest BCUT2D eigenvalue weighted by atomic mass is 10.1. The second-order valence-electron chi connectivity index (χ2n) is 7.56. The van der Waals surface area contributed by atoms with Gasteiger partial charge in [-0.1, -0.05) is 30.0 Å². The lowest BCUT2D eigenvalue weighted by Crippen LogP contribution is -2.20. The Morgan fingerprint density at radius 3 is 2.62 bits per heavy atom. The Morgan fingerprint density at radius 2 is 1.82 bits per heavy atom. The first-order valence-corrected chi connectivity index (χ1v) is 12.3. The van der Waals surface area contributed by atoms with Gasteiger partial charge in [0.25, 0.3) is 5.91 Å². The molecule has 0 aliphatic carbocycles. The summed E-state index contributed by atoms with van der Waals surface area (Å²) in [5.74, 6) is -0.299. The number of hydrogen-bond donors (Lipinski definition) is 2. The second-order valence-corrected chi connectivity index (χ2v) is 9.82. The Hall–Kier alpha value is -3.43. The van der Waals surface area contributed by atoms with Gasteiger partial charge in [-0.2, -0.15) is 0 Å². The molecule has 0 aliphatic heterocycles. The maximum atomic E-state index is 13.7. The van der Waals surface area contributed by atoms with Crippen molar-refractivity contribution >= 4 is 56.5 Å². The number of hydrogen-bond acceptors (Lipinski definition) is 6. The van der Waals surface area contributed by atoms with Gasteiger partial charge in [-0.3, -0.25) is 9.59 Å². The van der Waals surface area contributed by atoms with Gasteiger partial charge in [0.05, 0.1) is 21.7 Å². The van der Waals surface area contributed by atoms with Gasteiger partial charge in [0.15, 0.2) is 10.9 Å². The average molecular weight is 496 g/mol. The topological polar surface area (TPSA) is 80.3 Å². The third-order valence-electron chi connectivity index (χ3n) is 4.98. The highest BCUT2D eigenvalue weighted by Crippen LogP contribution is 2.31. The zero-order valence-electron chi connectivity index (χ0n) is 18.6. The number of para-hydroxylation sites is 1. The van der Waals surface area contributed by atoms with Crippen molar-refractivity contribution in [3.8, 4) is 5.75 Å². The number of nitrogens with zero attached hydrogens (tertiary/aromatic N) is 1. The van der Waals surface area contributed by atoms with Gasteiger partial charge in [-0.25, -0.2) is 9.37 Å². The van der Waals surface area contributed by atoms with E-state index in [9.17, 15) is 14.0 Å². The third-order valence-corrected chi connectivity index (χ3v) is 7.14. The first-order chi connectivity index (χ1) is 16.4. The number of carbonyl (C=O) groups is 2. The number of halogens is 1. The summed E-state index contributed by atoms with van der Waals surface area (Å²) in [5, 5.41) is 5.39. The number of aromatic nitrogens is 1. The molecule has 0 saturated carbocycles. The first kappa shape index (κ1) is 23.7. The van der Waals surface area contributed by atoms with Crippen LogP contribution in [0, 0.1) is 19.7 Å². The molecule has 0 bridgehead atoms.